The Bertz CT molecular complexity index is 593. The third-order valence-electron chi connectivity index (χ3n) is 2.56. The van der Waals surface area contributed by atoms with Crippen molar-refractivity contribution in [3.05, 3.63) is 50.3 Å². The zero-order valence-corrected chi connectivity index (χ0v) is 14.1. The van der Waals surface area contributed by atoms with E-state index < -0.39 is 5.97 Å². The highest BCUT2D eigenvalue weighted by atomic mass is 79.9. The zero-order valence-electron chi connectivity index (χ0n) is 10.1. The summed E-state index contributed by atoms with van der Waals surface area (Å²) in [5.41, 5.74) is 0.764. The van der Waals surface area contributed by atoms with Crippen LogP contribution in [0, 0.1) is 0 Å². The fourth-order valence-corrected chi connectivity index (χ4v) is 2.50. The van der Waals surface area contributed by atoms with E-state index in [2.05, 4.69) is 31.9 Å². The third kappa shape index (κ3) is 4.01. The summed E-state index contributed by atoms with van der Waals surface area (Å²) in [6, 6.07) is 8.80. The van der Waals surface area contributed by atoms with E-state index in [1.807, 2.05) is 0 Å². The lowest BCUT2D eigenvalue weighted by Crippen LogP contribution is -2.28. The molecular formula is C13H10Br2ClNO3. The first-order valence-corrected chi connectivity index (χ1v) is 7.58. The van der Waals surface area contributed by atoms with E-state index >= 15 is 0 Å². The first kappa shape index (κ1) is 15.4. The van der Waals surface area contributed by atoms with Crippen LogP contribution in [-0.4, -0.2) is 17.6 Å². The SMILES string of the molecule is O=C(O)CN(Cc1cc(Br)c(Br)o1)c1ccc(Cl)cc1. The summed E-state index contributed by atoms with van der Waals surface area (Å²) in [7, 11) is 0. The van der Waals surface area contributed by atoms with Gasteiger partial charge in [0.25, 0.3) is 0 Å². The number of hydrogen-bond acceptors (Lipinski definition) is 3. The minimum atomic E-state index is -0.912. The number of anilines is 1. The number of rotatable bonds is 5. The van der Waals surface area contributed by atoms with Crippen molar-refractivity contribution >= 4 is 55.1 Å². The average molecular weight is 423 g/mol. The Labute approximate surface area is 137 Å². The van der Waals surface area contributed by atoms with Crippen LogP contribution >= 0.6 is 43.5 Å². The van der Waals surface area contributed by atoms with Crippen LogP contribution in [0.25, 0.3) is 0 Å². The van der Waals surface area contributed by atoms with Gasteiger partial charge in [-0.1, -0.05) is 11.6 Å². The van der Waals surface area contributed by atoms with Crippen LogP contribution < -0.4 is 4.90 Å². The van der Waals surface area contributed by atoms with Crippen molar-refractivity contribution < 1.29 is 14.3 Å². The number of nitrogens with zero attached hydrogens (tertiary/aromatic N) is 1. The lowest BCUT2D eigenvalue weighted by Gasteiger charge is -2.21. The fraction of sp³-hybridized carbons (Fsp3) is 0.154. The number of hydrogen-bond donors (Lipinski definition) is 1. The van der Waals surface area contributed by atoms with E-state index in [4.69, 9.17) is 21.1 Å². The molecule has 7 heteroatoms. The van der Waals surface area contributed by atoms with Crippen LogP contribution in [0.15, 0.2) is 43.9 Å². The molecule has 0 amide bonds. The van der Waals surface area contributed by atoms with E-state index in [9.17, 15) is 4.79 Å². The molecule has 0 saturated heterocycles. The minimum absolute atomic E-state index is 0.127. The van der Waals surface area contributed by atoms with Crippen molar-refractivity contribution in [1.82, 2.24) is 0 Å². The second kappa shape index (κ2) is 6.65. The number of furan rings is 1. The lowest BCUT2D eigenvalue weighted by molar-refractivity contribution is -0.135. The Morgan fingerprint density at radius 1 is 1.30 bits per heavy atom. The van der Waals surface area contributed by atoms with E-state index in [1.54, 1.807) is 35.2 Å². The second-order valence-corrected chi connectivity index (χ2v) is 6.07. The Morgan fingerprint density at radius 3 is 2.45 bits per heavy atom. The maximum absolute atomic E-state index is 11.0. The standard InChI is InChI=1S/C13H10Br2ClNO3/c14-11-5-10(20-13(11)15)6-17(7-12(18)19)9-3-1-8(16)2-4-9/h1-5H,6-7H2,(H,18,19). The zero-order chi connectivity index (χ0) is 14.7. The number of carboxylic acids is 1. The molecule has 4 nitrogen and oxygen atoms in total. The number of benzene rings is 1. The molecular weight excluding hydrogens is 413 g/mol. The van der Waals surface area contributed by atoms with Gasteiger partial charge in [-0.25, -0.2) is 0 Å². The van der Waals surface area contributed by atoms with Crippen LogP contribution in [0.4, 0.5) is 5.69 Å². The van der Waals surface area contributed by atoms with Gasteiger partial charge >= 0.3 is 5.97 Å². The van der Waals surface area contributed by atoms with Crippen molar-refractivity contribution in [2.45, 2.75) is 6.54 Å². The smallest absolute Gasteiger partial charge is 0.323 e. The van der Waals surface area contributed by atoms with E-state index in [1.165, 1.54) is 0 Å². The van der Waals surface area contributed by atoms with Crippen LogP contribution in [0.1, 0.15) is 5.76 Å². The van der Waals surface area contributed by atoms with E-state index in [0.29, 0.717) is 22.0 Å². The molecule has 0 unspecified atom stereocenters. The number of carboxylic acid groups (broad SMARTS) is 1. The topological polar surface area (TPSA) is 53.7 Å². The molecule has 0 spiro atoms. The van der Waals surface area contributed by atoms with Crippen LogP contribution in [-0.2, 0) is 11.3 Å². The minimum Gasteiger partial charge on any atom is -0.480 e. The highest BCUT2D eigenvalue weighted by molar-refractivity contribution is 9.13. The van der Waals surface area contributed by atoms with Gasteiger partial charge in [0.1, 0.15) is 12.3 Å². The Kier molecular flexibility index (Phi) is 5.12. The molecule has 1 N–H and O–H groups in total. The lowest BCUT2D eigenvalue weighted by atomic mass is 10.2. The molecule has 1 heterocycles. The summed E-state index contributed by atoms with van der Waals surface area (Å²) in [5.74, 6) is -0.260. The van der Waals surface area contributed by atoms with Gasteiger partial charge in [-0.2, -0.15) is 0 Å². The molecule has 0 aliphatic rings. The van der Waals surface area contributed by atoms with Crippen molar-refractivity contribution in [2.75, 3.05) is 11.4 Å². The van der Waals surface area contributed by atoms with Gasteiger partial charge < -0.3 is 14.4 Å². The third-order valence-corrected chi connectivity index (χ3v) is 4.52. The predicted octanol–water partition coefficient (Wildman–Crippen LogP) is 4.55. The summed E-state index contributed by atoms with van der Waals surface area (Å²) in [4.78, 5) is 12.7. The maximum Gasteiger partial charge on any atom is 0.323 e. The van der Waals surface area contributed by atoms with Gasteiger partial charge in [-0.05, 0) is 62.2 Å². The van der Waals surface area contributed by atoms with Crippen molar-refractivity contribution in [3.8, 4) is 0 Å². The second-order valence-electron chi connectivity index (χ2n) is 4.06. The van der Waals surface area contributed by atoms with Gasteiger partial charge in [-0.15, -0.1) is 0 Å². The molecule has 0 bridgehead atoms. The quantitative estimate of drug-likeness (QED) is 0.767. The molecule has 1 aromatic heterocycles. The summed E-state index contributed by atoms with van der Waals surface area (Å²) in [5, 5.41) is 9.62. The van der Waals surface area contributed by atoms with Gasteiger partial charge in [0.15, 0.2) is 4.67 Å². The number of carbonyl (C=O) groups is 1. The van der Waals surface area contributed by atoms with Crippen molar-refractivity contribution in [2.24, 2.45) is 0 Å². The average Bonchev–Trinajstić information content (AvgIpc) is 2.68. The molecule has 0 aliphatic carbocycles. The van der Waals surface area contributed by atoms with Gasteiger partial charge in [-0.3, -0.25) is 4.79 Å². The van der Waals surface area contributed by atoms with E-state index in [0.717, 1.165) is 10.2 Å². The first-order valence-electron chi connectivity index (χ1n) is 5.61. The van der Waals surface area contributed by atoms with Crippen molar-refractivity contribution in [3.63, 3.8) is 0 Å². The molecule has 0 aliphatic heterocycles. The summed E-state index contributed by atoms with van der Waals surface area (Å²) < 4.78 is 6.85. The van der Waals surface area contributed by atoms with Crippen LogP contribution in [0.5, 0.6) is 0 Å². The molecule has 0 atom stereocenters. The summed E-state index contributed by atoms with van der Waals surface area (Å²) in [6.45, 7) is 0.218. The normalized spacial score (nSPS) is 10.6. The first-order chi connectivity index (χ1) is 9.45. The predicted molar refractivity (Wildman–Crippen MR) is 84.2 cm³/mol. The Balaban J connectivity index is 2.23. The number of aliphatic carboxylic acids is 1. The molecule has 0 radical (unpaired) electrons. The summed E-state index contributed by atoms with van der Waals surface area (Å²) in [6.07, 6.45) is 0. The Morgan fingerprint density at radius 2 is 1.95 bits per heavy atom. The van der Waals surface area contributed by atoms with Crippen LogP contribution in [0.3, 0.4) is 0 Å². The van der Waals surface area contributed by atoms with Crippen LogP contribution in [0.2, 0.25) is 5.02 Å². The summed E-state index contributed by atoms with van der Waals surface area (Å²) >= 11 is 12.4. The molecule has 1 aromatic carbocycles. The molecule has 2 aromatic rings. The molecule has 2 rings (SSSR count). The highest BCUT2D eigenvalue weighted by Gasteiger charge is 2.15. The molecule has 20 heavy (non-hydrogen) atoms. The largest absolute Gasteiger partial charge is 0.480 e. The Hall–Kier alpha value is -0.980. The van der Waals surface area contributed by atoms with Gasteiger partial charge in [0, 0.05) is 10.7 Å². The molecule has 0 fully saturated rings. The maximum atomic E-state index is 11.0. The van der Waals surface area contributed by atoms with E-state index in [-0.39, 0.29) is 6.54 Å². The fourth-order valence-electron chi connectivity index (χ4n) is 1.71. The monoisotopic (exact) mass is 421 g/mol. The molecule has 0 saturated carbocycles. The van der Waals surface area contributed by atoms with Gasteiger partial charge in [0.2, 0.25) is 0 Å². The van der Waals surface area contributed by atoms with Crippen molar-refractivity contribution in [1.29, 1.82) is 0 Å². The molecule has 106 valence electrons. The number of halogens is 3. The van der Waals surface area contributed by atoms with Gasteiger partial charge in [0.05, 0.1) is 11.0 Å². The highest BCUT2D eigenvalue weighted by Crippen LogP contribution is 2.28.